The van der Waals surface area contributed by atoms with Gasteiger partial charge in [-0.1, -0.05) is 6.07 Å². The van der Waals surface area contributed by atoms with Gasteiger partial charge in [0.2, 0.25) is 18.3 Å². The number of hydrogen-bond donors (Lipinski definition) is 1. The second-order valence-corrected chi connectivity index (χ2v) is 10.2. The van der Waals surface area contributed by atoms with Crippen molar-refractivity contribution in [3.8, 4) is 28.7 Å². The maximum atomic E-state index is 13.5. The Morgan fingerprint density at radius 2 is 1.82 bits per heavy atom. The molecule has 0 aliphatic carbocycles. The molecule has 2 atom stereocenters. The average molecular weight is 520 g/mol. The van der Waals surface area contributed by atoms with Crippen LogP contribution in [-0.4, -0.2) is 55.8 Å². The van der Waals surface area contributed by atoms with Gasteiger partial charge in [-0.25, -0.2) is 14.5 Å². The minimum Gasteiger partial charge on any atom is -0.497 e. The van der Waals surface area contributed by atoms with E-state index in [1.165, 1.54) is 0 Å². The minimum atomic E-state index is -0.529. The number of aromatic nitrogens is 2. The second-order valence-electron chi connectivity index (χ2n) is 10.2. The number of nitrogens with zero attached hydrogens (tertiary/aromatic N) is 4. The molecule has 0 unspecified atom stereocenters. The van der Waals surface area contributed by atoms with Crippen molar-refractivity contribution in [1.29, 1.82) is 0 Å². The normalized spacial score (nSPS) is 19.5. The highest BCUT2D eigenvalue weighted by Gasteiger charge is 2.50. The van der Waals surface area contributed by atoms with Crippen molar-refractivity contribution in [1.82, 2.24) is 15.1 Å². The predicted molar refractivity (Wildman–Crippen MR) is 140 cm³/mol. The second kappa shape index (κ2) is 8.57. The number of carbonyl (C=O) groups excluding carboxylic acids is 1. The Bertz CT molecular complexity index is 1470. The molecule has 3 aromatic rings. The SMILES string of the molecule is COc1cccc(N2C(=O)NC3=Nc4c(cnn4C(C)(C)C)[C@H](c4cc(OC)c5c(c4OC)OCO5)[C@@H]32)c1. The first-order valence-electron chi connectivity index (χ1n) is 12.2. The molecule has 2 aromatic carbocycles. The van der Waals surface area contributed by atoms with Crippen LogP contribution in [0.15, 0.2) is 41.5 Å². The van der Waals surface area contributed by atoms with Gasteiger partial charge in [0.15, 0.2) is 17.3 Å². The molecule has 0 spiro atoms. The molecular weight excluding hydrogens is 490 g/mol. The highest BCUT2D eigenvalue weighted by Crippen LogP contribution is 2.55. The van der Waals surface area contributed by atoms with Crippen molar-refractivity contribution in [3.63, 3.8) is 0 Å². The molecule has 11 nitrogen and oxygen atoms in total. The van der Waals surface area contributed by atoms with Crippen LogP contribution in [0, 0.1) is 0 Å². The van der Waals surface area contributed by atoms with Crippen LogP contribution < -0.4 is 33.9 Å². The van der Waals surface area contributed by atoms with Crippen LogP contribution in [0.5, 0.6) is 28.7 Å². The van der Waals surface area contributed by atoms with Crippen molar-refractivity contribution < 1.29 is 28.5 Å². The molecule has 1 N–H and O–H groups in total. The fourth-order valence-electron chi connectivity index (χ4n) is 5.36. The Balaban J connectivity index is 1.62. The number of aliphatic imine (C=N–C) groups is 1. The summed E-state index contributed by atoms with van der Waals surface area (Å²) in [7, 11) is 4.76. The summed E-state index contributed by atoms with van der Waals surface area (Å²) >= 11 is 0. The smallest absolute Gasteiger partial charge is 0.328 e. The summed E-state index contributed by atoms with van der Waals surface area (Å²) in [5.74, 6) is 3.33. The first-order valence-corrected chi connectivity index (χ1v) is 12.2. The third kappa shape index (κ3) is 3.45. The van der Waals surface area contributed by atoms with Gasteiger partial charge >= 0.3 is 6.03 Å². The van der Waals surface area contributed by atoms with Gasteiger partial charge in [-0.3, -0.25) is 10.2 Å². The van der Waals surface area contributed by atoms with Gasteiger partial charge in [-0.2, -0.15) is 5.10 Å². The number of amides is 2. The van der Waals surface area contributed by atoms with Crippen molar-refractivity contribution in [2.75, 3.05) is 33.0 Å². The molecule has 11 heteroatoms. The monoisotopic (exact) mass is 519 g/mol. The zero-order valence-corrected chi connectivity index (χ0v) is 22.1. The first-order chi connectivity index (χ1) is 18.3. The van der Waals surface area contributed by atoms with E-state index < -0.39 is 12.0 Å². The summed E-state index contributed by atoms with van der Waals surface area (Å²) in [4.78, 5) is 20.1. The number of fused-ring (bicyclic) bond motifs is 3. The third-order valence-electron chi connectivity index (χ3n) is 6.98. The van der Waals surface area contributed by atoms with Crippen LogP contribution in [-0.2, 0) is 5.54 Å². The highest BCUT2D eigenvalue weighted by atomic mass is 16.7. The standard InChI is InChI=1S/C27H29N5O6/c1-27(2,3)32-25-17(12-28-32)19(16-11-18(35-5)22-23(21(16)36-6)38-13-37-22)20-24(29-25)30-26(33)31(20)14-8-7-9-15(10-14)34-4/h7-12,19-20H,13H2,1-6H3,(H,29,30,33)/t19-,20-/m0/s1. The zero-order valence-electron chi connectivity index (χ0n) is 22.1. The number of rotatable bonds is 5. The van der Waals surface area contributed by atoms with Gasteiger partial charge in [0.05, 0.1) is 33.1 Å². The van der Waals surface area contributed by atoms with Crippen LogP contribution in [0.25, 0.3) is 0 Å². The van der Waals surface area contributed by atoms with Crippen LogP contribution in [0.4, 0.5) is 16.3 Å². The lowest BCUT2D eigenvalue weighted by atomic mass is 9.82. The van der Waals surface area contributed by atoms with Gasteiger partial charge in [0.25, 0.3) is 0 Å². The number of methoxy groups -OCH3 is 3. The molecule has 2 amide bonds. The third-order valence-corrected chi connectivity index (χ3v) is 6.98. The molecule has 4 heterocycles. The molecule has 0 bridgehead atoms. The summed E-state index contributed by atoms with van der Waals surface area (Å²) in [5.41, 5.74) is 1.92. The zero-order chi connectivity index (χ0) is 26.8. The maximum Gasteiger partial charge on any atom is 0.328 e. The Morgan fingerprint density at radius 1 is 1.03 bits per heavy atom. The van der Waals surface area contributed by atoms with Crippen LogP contribution in [0.1, 0.15) is 37.8 Å². The van der Waals surface area contributed by atoms with E-state index in [9.17, 15) is 4.79 Å². The van der Waals surface area contributed by atoms with E-state index in [0.717, 1.165) is 11.1 Å². The van der Waals surface area contributed by atoms with Gasteiger partial charge < -0.3 is 23.7 Å². The minimum absolute atomic E-state index is 0.0511. The molecule has 38 heavy (non-hydrogen) atoms. The lowest BCUT2D eigenvalue weighted by molar-refractivity contribution is 0.168. The van der Waals surface area contributed by atoms with E-state index >= 15 is 0 Å². The topological polar surface area (TPSA) is 109 Å². The fraction of sp³-hybridized carbons (Fsp3) is 0.370. The summed E-state index contributed by atoms with van der Waals surface area (Å²) in [6, 6.07) is 8.44. The van der Waals surface area contributed by atoms with E-state index in [1.54, 1.807) is 26.2 Å². The van der Waals surface area contributed by atoms with E-state index in [-0.39, 0.29) is 18.4 Å². The van der Waals surface area contributed by atoms with Gasteiger partial charge in [-0.15, -0.1) is 0 Å². The number of anilines is 1. The van der Waals surface area contributed by atoms with Crippen molar-refractivity contribution in [2.45, 2.75) is 38.3 Å². The number of carbonyl (C=O) groups is 1. The number of ether oxygens (including phenoxy) is 5. The lowest BCUT2D eigenvalue weighted by Gasteiger charge is -2.34. The first kappa shape index (κ1) is 24.0. The summed E-state index contributed by atoms with van der Waals surface area (Å²) in [5, 5.41) is 7.71. The van der Waals surface area contributed by atoms with E-state index in [1.807, 2.05) is 41.2 Å². The lowest BCUT2D eigenvalue weighted by Crippen LogP contribution is -2.42. The molecule has 3 aliphatic heterocycles. The quantitative estimate of drug-likeness (QED) is 0.539. The Kier molecular flexibility index (Phi) is 5.41. The molecule has 1 fully saturated rings. The van der Waals surface area contributed by atoms with Crippen molar-refractivity contribution in [2.24, 2.45) is 4.99 Å². The Morgan fingerprint density at radius 3 is 2.53 bits per heavy atom. The van der Waals surface area contributed by atoms with E-state index in [2.05, 4.69) is 26.1 Å². The summed E-state index contributed by atoms with van der Waals surface area (Å²) in [6.45, 7) is 6.22. The maximum absolute atomic E-state index is 13.5. The van der Waals surface area contributed by atoms with E-state index in [4.69, 9.17) is 33.8 Å². The van der Waals surface area contributed by atoms with Gasteiger partial charge in [0.1, 0.15) is 17.6 Å². The number of nitrogens with one attached hydrogen (secondary N) is 1. The Hall–Kier alpha value is -4.41. The highest BCUT2D eigenvalue weighted by molar-refractivity contribution is 6.18. The van der Waals surface area contributed by atoms with Gasteiger partial charge in [-0.05, 0) is 39.0 Å². The Labute approximate surface area is 219 Å². The predicted octanol–water partition coefficient (Wildman–Crippen LogP) is 4.17. The molecule has 1 aromatic heterocycles. The van der Waals surface area contributed by atoms with Gasteiger partial charge in [0, 0.05) is 28.8 Å². The van der Waals surface area contributed by atoms with E-state index in [0.29, 0.717) is 46.1 Å². The van der Waals surface area contributed by atoms with Crippen LogP contribution in [0.2, 0.25) is 0 Å². The molecule has 1 saturated heterocycles. The largest absolute Gasteiger partial charge is 0.497 e. The molecule has 0 radical (unpaired) electrons. The number of urea groups is 1. The summed E-state index contributed by atoms with van der Waals surface area (Å²) in [6.07, 6.45) is 1.81. The van der Waals surface area contributed by atoms with Crippen molar-refractivity contribution in [3.05, 3.63) is 47.7 Å². The molecular formula is C27H29N5O6. The number of hydrogen-bond acceptors (Lipinski definition) is 8. The average Bonchev–Trinajstić information content (AvgIpc) is 3.62. The molecule has 3 aliphatic rings. The molecule has 0 saturated carbocycles. The number of benzene rings is 2. The molecule has 198 valence electrons. The van der Waals surface area contributed by atoms with Crippen molar-refractivity contribution >= 4 is 23.4 Å². The summed E-state index contributed by atoms with van der Waals surface area (Å²) < 4.78 is 30.4. The van der Waals surface area contributed by atoms with Crippen LogP contribution in [0.3, 0.4) is 0 Å². The number of amidine groups is 1. The van der Waals surface area contributed by atoms with Crippen LogP contribution >= 0.6 is 0 Å². The fourth-order valence-corrected chi connectivity index (χ4v) is 5.36. The molecule has 6 rings (SSSR count).